The summed E-state index contributed by atoms with van der Waals surface area (Å²) in [6.07, 6.45) is 0. The van der Waals surface area contributed by atoms with Gasteiger partial charge in [-0.1, -0.05) is 188 Å². The van der Waals surface area contributed by atoms with Crippen molar-refractivity contribution in [1.82, 2.24) is 29.9 Å². The highest BCUT2D eigenvalue weighted by Gasteiger charge is 2.22. The molecule has 10 rings (SSSR count). The summed E-state index contributed by atoms with van der Waals surface area (Å²) < 4.78 is 0. The maximum Gasteiger partial charge on any atom is 0.164 e. The van der Waals surface area contributed by atoms with Crippen molar-refractivity contribution in [2.24, 2.45) is 0 Å². The molecule has 0 aliphatic heterocycles. The number of hydrogen-bond acceptors (Lipinski definition) is 7. The van der Waals surface area contributed by atoms with Gasteiger partial charge in [0.05, 0.1) is 11.6 Å². The highest BCUT2D eigenvalue weighted by atomic mass is 15.0. The van der Waals surface area contributed by atoms with Crippen LogP contribution in [0, 0.1) is 11.3 Å². The molecule has 0 fully saturated rings. The second-order valence-electron chi connectivity index (χ2n) is 14.6. The van der Waals surface area contributed by atoms with Crippen molar-refractivity contribution in [3.05, 3.63) is 218 Å². The first kappa shape index (κ1) is 37.5. The van der Waals surface area contributed by atoms with E-state index in [1.54, 1.807) is 0 Å². The van der Waals surface area contributed by atoms with Crippen LogP contribution in [0.15, 0.2) is 212 Å². The van der Waals surface area contributed by atoms with Crippen LogP contribution in [-0.2, 0) is 0 Å². The molecule has 2 aromatic heterocycles. The summed E-state index contributed by atoms with van der Waals surface area (Å²) in [5.41, 5.74) is 11.0. The molecule has 2 heterocycles. The molecule has 0 N–H and O–H groups in total. The molecule has 7 heteroatoms. The normalized spacial score (nSPS) is 10.9. The van der Waals surface area contributed by atoms with Gasteiger partial charge < -0.3 is 0 Å². The molecule has 0 aliphatic carbocycles. The highest BCUT2D eigenvalue weighted by Crippen LogP contribution is 2.42. The van der Waals surface area contributed by atoms with E-state index in [0.29, 0.717) is 40.5 Å². The van der Waals surface area contributed by atoms with Crippen LogP contribution in [0.1, 0.15) is 5.56 Å². The molecule has 0 unspecified atom stereocenters. The van der Waals surface area contributed by atoms with Crippen molar-refractivity contribution in [3.8, 4) is 108 Å². The molecule has 10 aromatic rings. The van der Waals surface area contributed by atoms with Crippen LogP contribution in [0.5, 0.6) is 0 Å². The van der Waals surface area contributed by atoms with E-state index in [9.17, 15) is 5.26 Å². The van der Waals surface area contributed by atoms with Gasteiger partial charge in [0.2, 0.25) is 0 Å². The Bertz CT molecular complexity index is 3110. The minimum Gasteiger partial charge on any atom is -0.208 e. The number of nitriles is 1. The van der Waals surface area contributed by atoms with Crippen molar-refractivity contribution in [2.45, 2.75) is 0 Å². The minimum atomic E-state index is 0.477. The number of hydrogen-bond donors (Lipinski definition) is 0. The fourth-order valence-electron chi connectivity index (χ4n) is 7.59. The van der Waals surface area contributed by atoms with Gasteiger partial charge in [0, 0.05) is 33.4 Å². The van der Waals surface area contributed by atoms with Gasteiger partial charge in [-0.15, -0.1) is 0 Å². The topological polar surface area (TPSA) is 101 Å². The molecule has 0 radical (unpaired) electrons. The molecule has 0 saturated carbocycles. The second kappa shape index (κ2) is 16.9. The monoisotopic (exact) mass is 793 g/mol. The number of benzene rings is 8. The zero-order chi connectivity index (χ0) is 41.7. The zero-order valence-corrected chi connectivity index (χ0v) is 33.3. The van der Waals surface area contributed by atoms with Crippen molar-refractivity contribution >= 4 is 0 Å². The third kappa shape index (κ3) is 7.63. The third-order valence-electron chi connectivity index (χ3n) is 10.7. The average molecular weight is 794 g/mol. The predicted molar refractivity (Wildman–Crippen MR) is 247 cm³/mol. The maximum atomic E-state index is 10.2. The van der Waals surface area contributed by atoms with E-state index in [-0.39, 0.29) is 0 Å². The van der Waals surface area contributed by atoms with Crippen LogP contribution >= 0.6 is 0 Å². The lowest BCUT2D eigenvalue weighted by molar-refractivity contribution is 1.07. The lowest BCUT2D eigenvalue weighted by Crippen LogP contribution is -2.03. The van der Waals surface area contributed by atoms with Gasteiger partial charge in [0.15, 0.2) is 34.9 Å². The first-order valence-electron chi connectivity index (χ1n) is 20.3. The van der Waals surface area contributed by atoms with Gasteiger partial charge >= 0.3 is 0 Å². The lowest BCUT2D eigenvalue weighted by atomic mass is 9.88. The van der Waals surface area contributed by atoms with E-state index < -0.39 is 0 Å². The largest absolute Gasteiger partial charge is 0.208 e. The van der Waals surface area contributed by atoms with Gasteiger partial charge in [-0.3, -0.25) is 0 Å². The summed E-state index contributed by atoms with van der Waals surface area (Å²) in [4.78, 5) is 30.8. The summed E-state index contributed by atoms with van der Waals surface area (Å²) >= 11 is 0. The van der Waals surface area contributed by atoms with Gasteiger partial charge in [0.1, 0.15) is 0 Å². The Hall–Kier alpha value is -8.73. The van der Waals surface area contributed by atoms with Crippen LogP contribution in [-0.4, -0.2) is 29.9 Å². The van der Waals surface area contributed by atoms with E-state index in [0.717, 1.165) is 66.8 Å². The van der Waals surface area contributed by atoms with E-state index in [1.165, 1.54) is 0 Å². The van der Waals surface area contributed by atoms with Crippen molar-refractivity contribution < 1.29 is 0 Å². The smallest absolute Gasteiger partial charge is 0.164 e. The Morgan fingerprint density at radius 1 is 0.242 bits per heavy atom. The molecule has 7 nitrogen and oxygen atoms in total. The van der Waals surface area contributed by atoms with Crippen LogP contribution in [0.25, 0.3) is 102 Å². The quantitative estimate of drug-likeness (QED) is 0.143. The molecular formula is C55H35N7. The fraction of sp³-hybridized carbons (Fsp3) is 0. The maximum absolute atomic E-state index is 10.2. The summed E-state index contributed by atoms with van der Waals surface area (Å²) in [7, 11) is 0. The predicted octanol–water partition coefficient (Wildman–Crippen LogP) is 12.9. The van der Waals surface area contributed by atoms with E-state index in [4.69, 9.17) is 29.9 Å². The number of nitrogens with zero attached hydrogens (tertiary/aromatic N) is 7. The van der Waals surface area contributed by atoms with E-state index in [1.807, 2.05) is 164 Å². The summed E-state index contributed by atoms with van der Waals surface area (Å²) in [6, 6.07) is 72.9. The molecule has 290 valence electrons. The molecule has 8 aromatic carbocycles. The third-order valence-corrected chi connectivity index (χ3v) is 10.7. The second-order valence-corrected chi connectivity index (χ2v) is 14.6. The first-order valence-corrected chi connectivity index (χ1v) is 20.3. The zero-order valence-electron chi connectivity index (χ0n) is 33.3. The number of aromatic nitrogens is 6. The molecule has 0 bridgehead atoms. The van der Waals surface area contributed by atoms with Crippen molar-refractivity contribution in [3.63, 3.8) is 0 Å². The fourth-order valence-corrected chi connectivity index (χ4v) is 7.59. The molecule has 0 aliphatic rings. The average Bonchev–Trinajstić information content (AvgIpc) is 3.37. The Kier molecular flexibility index (Phi) is 10.2. The molecule has 0 saturated heterocycles. The summed E-state index contributed by atoms with van der Waals surface area (Å²) in [5.74, 6) is 3.20. The summed E-state index contributed by atoms with van der Waals surface area (Å²) in [5, 5.41) is 10.2. The number of rotatable bonds is 9. The highest BCUT2D eigenvalue weighted by molar-refractivity contribution is 5.94. The Morgan fingerprint density at radius 3 is 1.06 bits per heavy atom. The Balaban J connectivity index is 1.28. The van der Waals surface area contributed by atoms with Crippen LogP contribution in [0.2, 0.25) is 0 Å². The molecule has 62 heavy (non-hydrogen) atoms. The van der Waals surface area contributed by atoms with E-state index in [2.05, 4.69) is 54.6 Å². The molecule has 0 spiro atoms. The first-order chi connectivity index (χ1) is 30.7. The van der Waals surface area contributed by atoms with Crippen LogP contribution in [0.4, 0.5) is 0 Å². The lowest BCUT2D eigenvalue weighted by Gasteiger charge is -2.18. The van der Waals surface area contributed by atoms with E-state index >= 15 is 0 Å². The Morgan fingerprint density at radius 2 is 0.597 bits per heavy atom. The van der Waals surface area contributed by atoms with Crippen LogP contribution in [0.3, 0.4) is 0 Å². The summed E-state index contributed by atoms with van der Waals surface area (Å²) in [6.45, 7) is 0. The van der Waals surface area contributed by atoms with Gasteiger partial charge in [-0.25, -0.2) is 29.9 Å². The van der Waals surface area contributed by atoms with Gasteiger partial charge in [-0.05, 0) is 57.6 Å². The molecule has 0 amide bonds. The van der Waals surface area contributed by atoms with Crippen molar-refractivity contribution in [1.29, 1.82) is 5.26 Å². The molecular weight excluding hydrogens is 759 g/mol. The van der Waals surface area contributed by atoms with Gasteiger partial charge in [-0.2, -0.15) is 5.26 Å². The van der Waals surface area contributed by atoms with Gasteiger partial charge in [0.25, 0.3) is 0 Å². The molecule has 0 atom stereocenters. The SMILES string of the molecule is N#Cc1ccccc1-c1ccc(-c2cc(-c3ccccc3)ccc2-c2nc(-c3ccccc3)nc(-c3ccccc3)n2)c(-c2nc(-c3ccccc3)nc(-c3ccccc3)n2)c1. The minimum absolute atomic E-state index is 0.477. The van der Waals surface area contributed by atoms with Crippen molar-refractivity contribution in [2.75, 3.05) is 0 Å². The Labute approximate surface area is 359 Å². The standard InChI is InChI=1S/C55H35N7/c56-36-44-28-16-17-29-45(44)43-31-32-46(49(35-43)55-61-52(40-24-12-4-13-25-40)58-53(62-55)41-26-14-5-15-27-41)48-34-42(37-18-6-1-7-19-37)30-33-47(48)54-59-50(38-20-8-2-9-21-38)57-51(60-54)39-22-10-3-11-23-39/h1-35H. The van der Waals surface area contributed by atoms with Crippen LogP contribution < -0.4 is 0 Å².